The summed E-state index contributed by atoms with van der Waals surface area (Å²) in [5.41, 5.74) is 0.0446. The smallest absolute Gasteiger partial charge is 0.336 e. The monoisotopic (exact) mass is 230 g/mol. The standard InChI is InChI=1S/C9H18N4OS/c1-9(2,3)7-11-13(6-15-7)12(5)8(14)10-4/h6H2,1-5H3,(H,10,14). The molecule has 0 aromatic heterocycles. The number of hydrazine groups is 1. The molecule has 1 aliphatic rings. The van der Waals surface area contributed by atoms with Gasteiger partial charge in [-0.1, -0.05) is 32.5 Å². The highest BCUT2D eigenvalue weighted by molar-refractivity contribution is 8.14. The Kier molecular flexibility index (Phi) is 3.49. The molecule has 0 aromatic rings. The summed E-state index contributed by atoms with van der Waals surface area (Å²) in [4.78, 5) is 11.3. The van der Waals surface area contributed by atoms with Gasteiger partial charge in [0.15, 0.2) is 0 Å². The minimum atomic E-state index is -0.158. The van der Waals surface area contributed by atoms with Gasteiger partial charge < -0.3 is 5.32 Å². The molecular weight excluding hydrogens is 212 g/mol. The highest BCUT2D eigenvalue weighted by atomic mass is 32.2. The Balaban J connectivity index is 2.69. The van der Waals surface area contributed by atoms with Gasteiger partial charge in [0.25, 0.3) is 0 Å². The van der Waals surface area contributed by atoms with E-state index in [9.17, 15) is 4.79 Å². The van der Waals surface area contributed by atoms with Crippen molar-refractivity contribution in [3.63, 3.8) is 0 Å². The molecule has 0 spiro atoms. The Labute approximate surface area is 94.8 Å². The lowest BCUT2D eigenvalue weighted by Crippen LogP contribution is -2.43. The first-order valence-corrected chi connectivity index (χ1v) is 5.79. The van der Waals surface area contributed by atoms with Crippen LogP contribution in [0, 0.1) is 5.41 Å². The zero-order chi connectivity index (χ0) is 11.6. The number of rotatable bonds is 1. The van der Waals surface area contributed by atoms with E-state index in [-0.39, 0.29) is 11.4 Å². The average Bonchev–Trinajstić information content (AvgIpc) is 2.63. The second-order valence-electron chi connectivity index (χ2n) is 4.38. The SMILES string of the molecule is CNC(=O)N(C)N1CSC(C(C)(C)C)=N1. The number of thioether (sulfide) groups is 1. The number of nitrogens with one attached hydrogen (secondary N) is 1. The highest BCUT2D eigenvalue weighted by Gasteiger charge is 2.28. The Bertz CT molecular complexity index is 284. The molecule has 15 heavy (non-hydrogen) atoms. The Morgan fingerprint density at radius 1 is 1.60 bits per heavy atom. The van der Waals surface area contributed by atoms with E-state index in [2.05, 4.69) is 31.2 Å². The van der Waals surface area contributed by atoms with Crippen LogP contribution in [0.2, 0.25) is 0 Å². The van der Waals surface area contributed by atoms with Crippen molar-refractivity contribution in [1.29, 1.82) is 0 Å². The van der Waals surface area contributed by atoms with Gasteiger partial charge in [-0.2, -0.15) is 10.2 Å². The minimum Gasteiger partial charge on any atom is -0.340 e. The van der Waals surface area contributed by atoms with Crippen molar-refractivity contribution in [3.05, 3.63) is 0 Å². The van der Waals surface area contributed by atoms with Crippen LogP contribution >= 0.6 is 11.8 Å². The number of hydrazone groups is 1. The summed E-state index contributed by atoms with van der Waals surface area (Å²) in [6.07, 6.45) is 0. The van der Waals surface area contributed by atoms with Crippen LogP contribution in [0.4, 0.5) is 4.79 Å². The molecule has 0 atom stereocenters. The van der Waals surface area contributed by atoms with E-state index in [0.29, 0.717) is 5.88 Å². The van der Waals surface area contributed by atoms with Crippen molar-refractivity contribution in [1.82, 2.24) is 15.4 Å². The number of carbonyl (C=O) groups excluding carboxylic acids is 1. The third-order valence-electron chi connectivity index (χ3n) is 2.02. The van der Waals surface area contributed by atoms with E-state index in [4.69, 9.17) is 0 Å². The van der Waals surface area contributed by atoms with Gasteiger partial charge >= 0.3 is 6.03 Å². The second-order valence-corrected chi connectivity index (χ2v) is 5.31. The zero-order valence-electron chi connectivity index (χ0n) is 9.87. The van der Waals surface area contributed by atoms with Gasteiger partial charge in [0.1, 0.15) is 10.9 Å². The third kappa shape index (κ3) is 2.77. The van der Waals surface area contributed by atoms with Crippen LogP contribution in [-0.4, -0.2) is 41.2 Å². The number of hydrogen-bond donors (Lipinski definition) is 1. The molecule has 0 aromatic carbocycles. The Morgan fingerprint density at radius 3 is 2.60 bits per heavy atom. The van der Waals surface area contributed by atoms with Gasteiger partial charge in [-0.15, -0.1) is 0 Å². The van der Waals surface area contributed by atoms with Crippen molar-refractivity contribution in [2.24, 2.45) is 10.5 Å². The van der Waals surface area contributed by atoms with Gasteiger partial charge in [0.2, 0.25) is 0 Å². The van der Waals surface area contributed by atoms with E-state index >= 15 is 0 Å². The number of nitrogens with zero attached hydrogens (tertiary/aromatic N) is 3. The maximum Gasteiger partial charge on any atom is 0.336 e. The third-order valence-corrected chi connectivity index (χ3v) is 3.35. The van der Waals surface area contributed by atoms with Crippen LogP contribution in [0.5, 0.6) is 0 Å². The molecule has 2 amide bonds. The van der Waals surface area contributed by atoms with E-state index in [1.165, 1.54) is 5.01 Å². The number of hydrogen-bond acceptors (Lipinski definition) is 4. The first-order chi connectivity index (χ1) is 6.86. The molecule has 1 N–H and O–H groups in total. The lowest BCUT2D eigenvalue weighted by Gasteiger charge is -2.24. The first-order valence-electron chi connectivity index (χ1n) is 4.81. The second kappa shape index (κ2) is 4.30. The van der Waals surface area contributed by atoms with Crippen LogP contribution in [-0.2, 0) is 0 Å². The molecule has 5 nitrogen and oxygen atoms in total. The van der Waals surface area contributed by atoms with Crippen LogP contribution in [0.25, 0.3) is 0 Å². The largest absolute Gasteiger partial charge is 0.340 e. The lowest BCUT2D eigenvalue weighted by molar-refractivity contribution is 0.0623. The summed E-state index contributed by atoms with van der Waals surface area (Å²) in [6.45, 7) is 6.34. The summed E-state index contributed by atoms with van der Waals surface area (Å²) in [6, 6.07) is -0.158. The molecule has 0 fully saturated rings. The molecule has 0 bridgehead atoms. The molecule has 1 aliphatic heterocycles. The van der Waals surface area contributed by atoms with E-state index in [0.717, 1.165) is 5.04 Å². The molecule has 0 unspecified atom stereocenters. The summed E-state index contributed by atoms with van der Waals surface area (Å²) < 4.78 is 0. The van der Waals surface area contributed by atoms with Gasteiger partial charge in [0, 0.05) is 19.5 Å². The molecule has 86 valence electrons. The van der Waals surface area contributed by atoms with Crippen molar-refractivity contribution in [3.8, 4) is 0 Å². The summed E-state index contributed by atoms with van der Waals surface area (Å²) in [5.74, 6) is 0.691. The Hall–Kier alpha value is -0.910. The zero-order valence-corrected chi connectivity index (χ0v) is 10.7. The summed E-state index contributed by atoms with van der Waals surface area (Å²) >= 11 is 1.67. The molecule has 1 rings (SSSR count). The predicted molar refractivity (Wildman–Crippen MR) is 63.4 cm³/mol. The predicted octanol–water partition coefficient (Wildman–Crippen LogP) is 1.54. The quantitative estimate of drug-likeness (QED) is 0.743. The van der Waals surface area contributed by atoms with Gasteiger partial charge in [-0.3, -0.25) is 0 Å². The topological polar surface area (TPSA) is 47.9 Å². The maximum absolute atomic E-state index is 11.3. The number of carbonyl (C=O) groups is 1. The van der Waals surface area contributed by atoms with Crippen molar-refractivity contribution in [2.45, 2.75) is 20.8 Å². The molecular formula is C9H18N4OS. The molecule has 0 aliphatic carbocycles. The summed E-state index contributed by atoms with van der Waals surface area (Å²) in [5, 5.41) is 11.2. The fourth-order valence-electron chi connectivity index (χ4n) is 1.07. The van der Waals surface area contributed by atoms with Crippen molar-refractivity contribution < 1.29 is 4.79 Å². The molecule has 1 heterocycles. The van der Waals surface area contributed by atoms with E-state index in [1.807, 2.05) is 0 Å². The van der Waals surface area contributed by atoms with E-state index in [1.54, 1.807) is 31.0 Å². The van der Waals surface area contributed by atoms with Crippen LogP contribution in [0.3, 0.4) is 0 Å². The highest BCUT2D eigenvalue weighted by Crippen LogP contribution is 2.30. The van der Waals surface area contributed by atoms with Crippen LogP contribution < -0.4 is 5.32 Å². The van der Waals surface area contributed by atoms with Gasteiger partial charge in [-0.25, -0.2) is 9.80 Å². The minimum absolute atomic E-state index is 0.0446. The fraction of sp³-hybridized carbons (Fsp3) is 0.778. The average molecular weight is 230 g/mol. The normalized spacial score (nSPS) is 16.3. The number of urea groups is 1. The molecule has 0 saturated carbocycles. The Morgan fingerprint density at radius 2 is 2.20 bits per heavy atom. The lowest BCUT2D eigenvalue weighted by atomic mass is 9.99. The van der Waals surface area contributed by atoms with E-state index < -0.39 is 0 Å². The van der Waals surface area contributed by atoms with Crippen LogP contribution in [0.15, 0.2) is 5.10 Å². The molecule has 6 heteroatoms. The summed E-state index contributed by atoms with van der Waals surface area (Å²) in [7, 11) is 3.31. The number of amides is 2. The van der Waals surface area contributed by atoms with Crippen LogP contribution in [0.1, 0.15) is 20.8 Å². The van der Waals surface area contributed by atoms with Gasteiger partial charge in [-0.05, 0) is 0 Å². The molecule has 0 saturated heterocycles. The van der Waals surface area contributed by atoms with Crippen molar-refractivity contribution >= 4 is 22.8 Å². The van der Waals surface area contributed by atoms with Gasteiger partial charge in [0.05, 0.1) is 0 Å². The maximum atomic E-state index is 11.3. The van der Waals surface area contributed by atoms with Crippen molar-refractivity contribution in [2.75, 3.05) is 20.0 Å². The first kappa shape index (κ1) is 12.2. The fourth-order valence-corrected chi connectivity index (χ4v) is 2.12. The molecule has 0 radical (unpaired) electrons.